The zero-order valence-corrected chi connectivity index (χ0v) is 15.7. The van der Waals surface area contributed by atoms with Crippen LogP contribution in [0.25, 0.3) is 0 Å². The summed E-state index contributed by atoms with van der Waals surface area (Å²) in [5.41, 5.74) is 0.492. The van der Waals surface area contributed by atoms with E-state index >= 15 is 0 Å². The number of pyridine rings is 1. The average molecular weight is 385 g/mol. The smallest absolute Gasteiger partial charge is 0.282 e. The quantitative estimate of drug-likeness (QED) is 0.576. The number of carbonyl (C=O) groups excluding carboxylic acids is 1. The minimum Gasteiger partial charge on any atom is -0.497 e. The molecule has 8 heteroatoms. The van der Waals surface area contributed by atoms with Gasteiger partial charge >= 0.3 is 0 Å². The second-order valence-electron chi connectivity index (χ2n) is 6.70. The van der Waals surface area contributed by atoms with Crippen molar-refractivity contribution in [3.05, 3.63) is 57.8 Å². The molecule has 0 spiro atoms. The molecule has 1 aliphatic rings. The fourth-order valence-corrected chi connectivity index (χ4v) is 3.24. The molecule has 1 N–H and O–H groups in total. The van der Waals surface area contributed by atoms with Crippen LogP contribution in [0.5, 0.6) is 11.6 Å². The molecule has 1 fully saturated rings. The van der Waals surface area contributed by atoms with Gasteiger partial charge in [-0.15, -0.1) is 0 Å². The van der Waals surface area contributed by atoms with Crippen LogP contribution in [-0.4, -0.2) is 29.0 Å². The molecule has 1 aromatic carbocycles. The summed E-state index contributed by atoms with van der Waals surface area (Å²) in [6, 6.07) is 7.63. The van der Waals surface area contributed by atoms with Gasteiger partial charge in [-0.05, 0) is 49.4 Å². The molecule has 1 aromatic heterocycles. The molecule has 0 saturated heterocycles. The number of nitrogens with one attached hydrogen (secondary N) is 1. The Kier molecular flexibility index (Phi) is 6.41. The molecule has 1 amide bonds. The van der Waals surface area contributed by atoms with E-state index in [-0.39, 0.29) is 23.9 Å². The van der Waals surface area contributed by atoms with Gasteiger partial charge in [-0.3, -0.25) is 14.9 Å². The van der Waals surface area contributed by atoms with Crippen LogP contribution in [0.15, 0.2) is 36.5 Å². The van der Waals surface area contributed by atoms with Gasteiger partial charge in [-0.2, -0.15) is 0 Å². The monoisotopic (exact) mass is 385 g/mol. The summed E-state index contributed by atoms with van der Waals surface area (Å²) in [4.78, 5) is 27.3. The van der Waals surface area contributed by atoms with Crippen molar-refractivity contribution in [1.82, 2.24) is 10.3 Å². The maximum atomic E-state index is 12.5. The molecule has 0 aliphatic heterocycles. The summed E-state index contributed by atoms with van der Waals surface area (Å²) in [7, 11) is 1.44. The van der Waals surface area contributed by atoms with Gasteiger partial charge in [0.15, 0.2) is 0 Å². The zero-order valence-electron chi connectivity index (χ0n) is 15.7. The largest absolute Gasteiger partial charge is 0.497 e. The molecule has 1 heterocycles. The molecule has 0 atom stereocenters. The average Bonchev–Trinajstić information content (AvgIpc) is 2.72. The predicted molar refractivity (Wildman–Crippen MR) is 103 cm³/mol. The second-order valence-corrected chi connectivity index (χ2v) is 6.70. The number of ether oxygens (including phenoxy) is 2. The maximum Gasteiger partial charge on any atom is 0.282 e. The van der Waals surface area contributed by atoms with E-state index in [0.29, 0.717) is 11.6 Å². The van der Waals surface area contributed by atoms with Crippen LogP contribution in [0.1, 0.15) is 48.0 Å². The molecule has 3 rings (SSSR count). The Bertz CT molecular complexity index is 849. The van der Waals surface area contributed by atoms with E-state index in [1.165, 1.54) is 44.6 Å². The molecular weight excluding hydrogens is 362 g/mol. The first kappa shape index (κ1) is 19.6. The minimum atomic E-state index is -0.586. The summed E-state index contributed by atoms with van der Waals surface area (Å²) in [6.45, 7) is 0.205. The lowest BCUT2D eigenvalue weighted by atomic mass is 9.98. The number of methoxy groups -OCH3 is 1. The highest BCUT2D eigenvalue weighted by molar-refractivity contribution is 5.98. The number of nitro benzene ring substituents is 1. The Morgan fingerprint density at radius 3 is 2.75 bits per heavy atom. The van der Waals surface area contributed by atoms with Crippen molar-refractivity contribution in [2.45, 2.75) is 44.8 Å². The lowest BCUT2D eigenvalue weighted by Crippen LogP contribution is -2.24. The molecule has 0 unspecified atom stereocenters. The highest BCUT2D eigenvalue weighted by Crippen LogP contribution is 2.25. The molecule has 28 heavy (non-hydrogen) atoms. The fraction of sp³-hybridized carbons (Fsp3) is 0.400. The van der Waals surface area contributed by atoms with Gasteiger partial charge in [0.1, 0.15) is 17.4 Å². The summed E-state index contributed by atoms with van der Waals surface area (Å²) >= 11 is 0. The number of nitro groups is 1. The number of hydrogen-bond donors (Lipinski definition) is 1. The van der Waals surface area contributed by atoms with Gasteiger partial charge in [-0.25, -0.2) is 4.98 Å². The van der Waals surface area contributed by atoms with Crippen molar-refractivity contribution in [2.75, 3.05) is 7.11 Å². The molecule has 0 bridgehead atoms. The van der Waals surface area contributed by atoms with E-state index in [1.54, 1.807) is 18.3 Å². The van der Waals surface area contributed by atoms with Crippen LogP contribution >= 0.6 is 0 Å². The number of nitrogens with zero attached hydrogens (tertiary/aromatic N) is 2. The Labute approximate surface area is 163 Å². The van der Waals surface area contributed by atoms with Crippen LogP contribution in [0.2, 0.25) is 0 Å². The molecule has 2 aromatic rings. The summed E-state index contributed by atoms with van der Waals surface area (Å²) < 4.78 is 11.0. The topological polar surface area (TPSA) is 104 Å². The van der Waals surface area contributed by atoms with Crippen molar-refractivity contribution in [3.8, 4) is 11.6 Å². The van der Waals surface area contributed by atoms with Crippen molar-refractivity contribution < 1.29 is 19.2 Å². The normalized spacial score (nSPS) is 14.3. The molecule has 8 nitrogen and oxygen atoms in total. The minimum absolute atomic E-state index is 0.0444. The van der Waals surface area contributed by atoms with Gasteiger partial charge in [-0.1, -0.05) is 6.42 Å². The number of carbonyl (C=O) groups is 1. The lowest BCUT2D eigenvalue weighted by molar-refractivity contribution is -0.385. The van der Waals surface area contributed by atoms with Gasteiger partial charge in [0.05, 0.1) is 12.0 Å². The lowest BCUT2D eigenvalue weighted by Gasteiger charge is -2.22. The summed E-state index contributed by atoms with van der Waals surface area (Å²) in [5, 5.41) is 13.9. The van der Waals surface area contributed by atoms with E-state index in [1.807, 2.05) is 0 Å². The van der Waals surface area contributed by atoms with Gasteiger partial charge in [0, 0.05) is 24.9 Å². The van der Waals surface area contributed by atoms with Crippen molar-refractivity contribution in [1.29, 1.82) is 0 Å². The molecule has 1 saturated carbocycles. The van der Waals surface area contributed by atoms with E-state index in [2.05, 4.69) is 10.3 Å². The summed E-state index contributed by atoms with van der Waals surface area (Å²) in [5.74, 6) is 0.367. The maximum absolute atomic E-state index is 12.5. The van der Waals surface area contributed by atoms with Crippen LogP contribution in [0.4, 0.5) is 5.69 Å². The summed E-state index contributed by atoms with van der Waals surface area (Å²) in [6.07, 6.45) is 7.46. The van der Waals surface area contributed by atoms with E-state index in [9.17, 15) is 14.9 Å². The molecule has 1 aliphatic carbocycles. The van der Waals surface area contributed by atoms with Crippen molar-refractivity contribution in [3.63, 3.8) is 0 Å². The Balaban J connectivity index is 1.66. The van der Waals surface area contributed by atoms with Crippen LogP contribution < -0.4 is 14.8 Å². The fourth-order valence-electron chi connectivity index (χ4n) is 3.24. The zero-order chi connectivity index (χ0) is 19.9. The number of amides is 1. The third kappa shape index (κ3) is 4.97. The highest BCUT2D eigenvalue weighted by atomic mass is 16.6. The Hall–Kier alpha value is -3.16. The predicted octanol–water partition coefficient (Wildman–Crippen LogP) is 3.64. The van der Waals surface area contributed by atoms with Crippen molar-refractivity contribution in [2.24, 2.45) is 0 Å². The Morgan fingerprint density at radius 1 is 1.25 bits per heavy atom. The third-order valence-electron chi connectivity index (χ3n) is 4.74. The molecular formula is C20H23N3O5. The van der Waals surface area contributed by atoms with Crippen LogP contribution in [-0.2, 0) is 6.54 Å². The molecule has 148 valence electrons. The second kappa shape index (κ2) is 9.16. The van der Waals surface area contributed by atoms with Crippen molar-refractivity contribution >= 4 is 11.6 Å². The number of aromatic nitrogens is 1. The van der Waals surface area contributed by atoms with Crippen LogP contribution in [0.3, 0.4) is 0 Å². The number of rotatable bonds is 7. The van der Waals surface area contributed by atoms with Gasteiger partial charge in [0.25, 0.3) is 11.6 Å². The Morgan fingerprint density at radius 2 is 2.04 bits per heavy atom. The van der Waals surface area contributed by atoms with E-state index in [0.717, 1.165) is 18.4 Å². The van der Waals surface area contributed by atoms with Crippen LogP contribution in [0, 0.1) is 10.1 Å². The first-order chi connectivity index (χ1) is 13.6. The van der Waals surface area contributed by atoms with E-state index < -0.39 is 10.8 Å². The SMILES string of the molecule is COc1ccc([N+](=O)[O-])c(C(=O)NCc2ccnc(OC3CCCCC3)c2)c1. The third-order valence-corrected chi connectivity index (χ3v) is 4.74. The standard InChI is InChI=1S/C20H23N3O5/c1-27-16-7-8-18(23(25)26)17(12-16)20(24)22-13-14-9-10-21-19(11-14)28-15-5-3-2-4-6-15/h7-12,15H,2-6,13H2,1H3,(H,22,24). The number of benzene rings is 1. The first-order valence-corrected chi connectivity index (χ1v) is 9.29. The highest BCUT2D eigenvalue weighted by Gasteiger charge is 2.21. The molecule has 0 radical (unpaired) electrons. The number of hydrogen-bond acceptors (Lipinski definition) is 6. The van der Waals surface area contributed by atoms with Gasteiger partial charge in [0.2, 0.25) is 5.88 Å². The van der Waals surface area contributed by atoms with Gasteiger partial charge < -0.3 is 14.8 Å². The van der Waals surface area contributed by atoms with E-state index in [4.69, 9.17) is 9.47 Å². The first-order valence-electron chi connectivity index (χ1n) is 9.29.